The average Bonchev–Trinajstić information content (AvgIpc) is 3.26. The molecule has 9 heteroatoms. The molecule has 0 unspecified atom stereocenters. The van der Waals surface area contributed by atoms with E-state index in [0.717, 1.165) is 45.3 Å². The Bertz CT molecular complexity index is 666. The summed E-state index contributed by atoms with van der Waals surface area (Å²) in [4.78, 5) is 17.1. The van der Waals surface area contributed by atoms with Crippen LogP contribution in [0.4, 0.5) is 5.69 Å². The van der Waals surface area contributed by atoms with Crippen LogP contribution >= 0.6 is 34.2 Å². The van der Waals surface area contributed by atoms with Gasteiger partial charge in [0.2, 0.25) is 0 Å². The van der Waals surface area contributed by atoms with E-state index >= 15 is 0 Å². The van der Waals surface area contributed by atoms with Gasteiger partial charge in [-0.25, -0.2) is 0 Å². The minimum Gasteiger partial charge on any atom is -0.493 e. The Balaban J connectivity index is 0.00000155. The third-order valence-corrected chi connectivity index (χ3v) is 5.45. The molecule has 30 heavy (non-hydrogen) atoms. The number of unbranched alkanes of at least 4 members (excludes halogenated alkanes) is 1. The number of amides is 1. The minimum absolute atomic E-state index is 0.119. The van der Waals surface area contributed by atoms with Crippen molar-refractivity contribution in [1.82, 2.24) is 10.2 Å². The Hall–Kier alpha value is -0.810. The van der Waals surface area contributed by atoms with Gasteiger partial charge >= 0.3 is 0 Å². The zero-order chi connectivity index (χ0) is 21.9. The average molecular weight is 554 g/mol. The summed E-state index contributed by atoms with van der Waals surface area (Å²) in [7, 11) is 0. The molecule has 2 fully saturated rings. The molecule has 3 rings (SSSR count). The molecule has 0 aromatic heterocycles. The number of halogens is 2. The lowest BCUT2D eigenvalue weighted by atomic mass is 10.0. The van der Waals surface area contributed by atoms with E-state index in [-0.39, 0.29) is 18.2 Å². The first-order chi connectivity index (χ1) is 14.6. The van der Waals surface area contributed by atoms with Gasteiger partial charge in [-0.05, 0) is 30.3 Å². The third-order valence-electron chi connectivity index (χ3n) is 5.12. The molecule has 3 N–H and O–H groups in total. The van der Waals surface area contributed by atoms with E-state index in [9.17, 15) is 4.79 Å². The number of likely N-dealkylation sites (tertiary alicyclic amines) is 1. The summed E-state index contributed by atoms with van der Waals surface area (Å²) in [6, 6.07) is 3.35. The minimum atomic E-state index is -0.172. The van der Waals surface area contributed by atoms with Gasteiger partial charge in [0.05, 0.1) is 36.1 Å². The van der Waals surface area contributed by atoms with Crippen LogP contribution in [0.15, 0.2) is 12.1 Å². The van der Waals surface area contributed by atoms with Crippen LogP contribution in [-0.2, 0) is 9.47 Å². The van der Waals surface area contributed by atoms with Crippen LogP contribution < -0.4 is 15.8 Å². The summed E-state index contributed by atoms with van der Waals surface area (Å²) in [5.74, 6) is 0.315. The largest absolute Gasteiger partial charge is 0.493 e. The van der Waals surface area contributed by atoms with Crippen molar-refractivity contribution in [3.05, 3.63) is 22.7 Å². The second-order valence-electron chi connectivity index (χ2n) is 7.29. The van der Waals surface area contributed by atoms with Crippen molar-refractivity contribution in [3.63, 3.8) is 0 Å². The number of hydrogen-bond acceptors (Lipinski definition) is 6. The zero-order valence-electron chi connectivity index (χ0n) is 17.8. The molecule has 2 aliphatic rings. The van der Waals surface area contributed by atoms with Crippen molar-refractivity contribution in [2.75, 3.05) is 50.1 Å². The van der Waals surface area contributed by atoms with E-state index < -0.39 is 0 Å². The number of carbonyl (C=O) groups is 1. The number of nitrogens with two attached hydrogens (primary N) is 1. The van der Waals surface area contributed by atoms with Crippen LogP contribution in [-0.4, -0.2) is 67.5 Å². The molecule has 2 aliphatic heterocycles. The summed E-state index contributed by atoms with van der Waals surface area (Å²) in [6.07, 6.45) is 3.57. The SMILES string of the molecule is CCCCOc1cc(N)c(Cl)cc1C(=O)NC1CCN(CC2OCCO2)CC1.CI. The van der Waals surface area contributed by atoms with Crippen LogP contribution in [0.2, 0.25) is 5.02 Å². The van der Waals surface area contributed by atoms with Gasteiger partial charge in [0.25, 0.3) is 5.91 Å². The Labute approximate surface area is 198 Å². The van der Waals surface area contributed by atoms with Crippen LogP contribution in [0.1, 0.15) is 43.0 Å². The summed E-state index contributed by atoms with van der Waals surface area (Å²) >= 11 is 8.29. The Kier molecular flexibility index (Phi) is 11.5. The molecule has 0 radical (unpaired) electrons. The maximum Gasteiger partial charge on any atom is 0.255 e. The lowest BCUT2D eigenvalue weighted by Gasteiger charge is -2.33. The predicted molar refractivity (Wildman–Crippen MR) is 129 cm³/mol. The standard InChI is InChI=1S/C20H30ClN3O4.CH3I/c1-2-3-8-26-18-12-17(22)16(21)11-15(18)20(25)23-14-4-6-24(7-5-14)13-19-27-9-10-28-19;1-2/h11-12,14,19H,2-10,13,22H2,1H3,(H,23,25);1H3. The third kappa shape index (κ3) is 7.71. The molecule has 1 amide bonds. The fraction of sp³-hybridized carbons (Fsp3) is 0.667. The van der Waals surface area contributed by atoms with Crippen molar-refractivity contribution in [2.24, 2.45) is 0 Å². The van der Waals surface area contributed by atoms with Crippen LogP contribution in [0.25, 0.3) is 0 Å². The highest BCUT2D eigenvalue weighted by Crippen LogP contribution is 2.29. The molecule has 1 aromatic rings. The fourth-order valence-corrected chi connectivity index (χ4v) is 3.60. The van der Waals surface area contributed by atoms with E-state index in [0.29, 0.717) is 41.8 Å². The number of nitrogens with one attached hydrogen (secondary N) is 1. The lowest BCUT2D eigenvalue weighted by molar-refractivity contribution is -0.0650. The van der Waals surface area contributed by atoms with Gasteiger partial charge in [0, 0.05) is 31.7 Å². The van der Waals surface area contributed by atoms with Crippen molar-refractivity contribution in [3.8, 4) is 5.75 Å². The summed E-state index contributed by atoms with van der Waals surface area (Å²) < 4.78 is 16.8. The van der Waals surface area contributed by atoms with E-state index in [4.69, 9.17) is 31.5 Å². The Morgan fingerprint density at radius 2 is 1.97 bits per heavy atom. The first kappa shape index (κ1) is 25.5. The fourth-order valence-electron chi connectivity index (χ4n) is 3.44. The van der Waals surface area contributed by atoms with Crippen LogP contribution in [0.5, 0.6) is 5.75 Å². The second kappa shape index (κ2) is 13.6. The molecular weight excluding hydrogens is 521 g/mol. The van der Waals surface area contributed by atoms with E-state index in [1.54, 1.807) is 12.1 Å². The highest BCUT2D eigenvalue weighted by molar-refractivity contribution is 14.1. The molecule has 0 atom stereocenters. The number of anilines is 1. The summed E-state index contributed by atoms with van der Waals surface area (Å²) in [5, 5.41) is 3.48. The summed E-state index contributed by atoms with van der Waals surface area (Å²) in [6.45, 7) is 6.55. The number of alkyl halides is 1. The van der Waals surface area contributed by atoms with Gasteiger partial charge in [-0.2, -0.15) is 0 Å². The molecular formula is C21H33ClIN3O4. The van der Waals surface area contributed by atoms with Gasteiger partial charge in [0.1, 0.15) is 5.75 Å². The number of carbonyl (C=O) groups excluding carboxylic acids is 1. The van der Waals surface area contributed by atoms with E-state index in [1.165, 1.54) is 0 Å². The second-order valence-corrected chi connectivity index (χ2v) is 7.70. The Morgan fingerprint density at radius 1 is 1.30 bits per heavy atom. The molecule has 1 aromatic carbocycles. The van der Waals surface area contributed by atoms with Crippen molar-refractivity contribution >= 4 is 45.8 Å². The summed E-state index contributed by atoms with van der Waals surface area (Å²) in [5.41, 5.74) is 6.74. The van der Waals surface area contributed by atoms with Gasteiger partial charge in [-0.15, -0.1) is 0 Å². The van der Waals surface area contributed by atoms with Gasteiger partial charge in [-0.3, -0.25) is 9.69 Å². The molecule has 2 saturated heterocycles. The molecule has 170 valence electrons. The number of nitrogen functional groups attached to an aromatic ring is 1. The van der Waals surface area contributed by atoms with E-state index in [2.05, 4.69) is 39.7 Å². The first-order valence-electron chi connectivity index (χ1n) is 10.4. The van der Waals surface area contributed by atoms with Crippen LogP contribution in [0, 0.1) is 0 Å². The van der Waals surface area contributed by atoms with Gasteiger partial charge in [-0.1, -0.05) is 47.5 Å². The maximum atomic E-state index is 12.8. The monoisotopic (exact) mass is 553 g/mol. The quantitative estimate of drug-likeness (QED) is 0.221. The van der Waals surface area contributed by atoms with Crippen LogP contribution in [0.3, 0.4) is 0 Å². The highest BCUT2D eigenvalue weighted by Gasteiger charge is 2.26. The molecule has 2 heterocycles. The Morgan fingerprint density at radius 3 is 2.60 bits per heavy atom. The van der Waals surface area contributed by atoms with Gasteiger partial charge < -0.3 is 25.3 Å². The number of piperidine rings is 1. The van der Waals surface area contributed by atoms with Crippen molar-refractivity contribution in [2.45, 2.75) is 44.9 Å². The van der Waals surface area contributed by atoms with E-state index in [1.807, 2.05) is 4.93 Å². The van der Waals surface area contributed by atoms with Gasteiger partial charge in [0.15, 0.2) is 6.29 Å². The molecule has 0 saturated carbocycles. The number of ether oxygens (including phenoxy) is 3. The van der Waals surface area contributed by atoms with Crippen molar-refractivity contribution in [1.29, 1.82) is 0 Å². The predicted octanol–water partition coefficient (Wildman–Crippen LogP) is 3.72. The number of nitrogens with zero attached hydrogens (tertiary/aromatic N) is 1. The topological polar surface area (TPSA) is 86.0 Å². The van der Waals surface area contributed by atoms with Crippen molar-refractivity contribution < 1.29 is 19.0 Å². The maximum absolute atomic E-state index is 12.8. The normalized spacial score (nSPS) is 18.0. The molecule has 7 nitrogen and oxygen atoms in total. The highest BCUT2D eigenvalue weighted by atomic mass is 127. The number of rotatable bonds is 8. The smallest absolute Gasteiger partial charge is 0.255 e. The lowest BCUT2D eigenvalue weighted by Crippen LogP contribution is -2.46. The number of benzene rings is 1. The molecule has 0 spiro atoms. The zero-order valence-corrected chi connectivity index (χ0v) is 20.7. The number of hydrogen-bond donors (Lipinski definition) is 2. The first-order valence-corrected chi connectivity index (χ1v) is 13.0. The molecule has 0 aliphatic carbocycles. The molecule has 0 bridgehead atoms.